The van der Waals surface area contributed by atoms with Crippen molar-refractivity contribution < 1.29 is 21.2 Å². The van der Waals surface area contributed by atoms with Crippen molar-refractivity contribution in [2.45, 2.75) is 18.6 Å². The van der Waals surface area contributed by atoms with Crippen LogP contribution < -0.4 is 17.0 Å². The first-order valence-electron chi connectivity index (χ1n) is 3.53. The van der Waals surface area contributed by atoms with Crippen molar-refractivity contribution in [2.75, 3.05) is 0 Å². The number of benzene rings is 1. The summed E-state index contributed by atoms with van der Waals surface area (Å²) in [5.74, 6) is 0. The third-order valence-electron chi connectivity index (χ3n) is 1.68. The van der Waals surface area contributed by atoms with Gasteiger partial charge in [-0.3, -0.25) is 0 Å². The van der Waals surface area contributed by atoms with Gasteiger partial charge in [-0.25, -0.2) is 0 Å². The Morgan fingerprint density at radius 2 is 1.67 bits per heavy atom. The van der Waals surface area contributed by atoms with Crippen molar-refractivity contribution in [3.8, 4) is 0 Å². The highest BCUT2D eigenvalue weighted by molar-refractivity contribution is 7.66. The molecule has 12 heavy (non-hydrogen) atoms. The minimum absolute atomic E-state index is 0. The van der Waals surface area contributed by atoms with Crippen molar-refractivity contribution in [1.29, 1.82) is 0 Å². The molecule has 0 amide bonds. The minimum Gasteiger partial charge on any atom is -1.00 e. The smallest absolute Gasteiger partial charge is 0.469 e. The number of hydrogen-bond donors (Lipinski definition) is 0. The van der Waals surface area contributed by atoms with Crippen LogP contribution >= 0.6 is 0 Å². The van der Waals surface area contributed by atoms with E-state index in [1.165, 1.54) is 0 Å². The van der Waals surface area contributed by atoms with E-state index in [-0.39, 0.29) is 21.7 Å². The van der Waals surface area contributed by atoms with Crippen molar-refractivity contribution >= 4 is 11.7 Å². The van der Waals surface area contributed by atoms with Crippen LogP contribution in [0.15, 0.2) is 30.3 Å². The lowest BCUT2D eigenvalue weighted by atomic mass is 10.0. The predicted octanol–water partition coefficient (Wildman–Crippen LogP) is -0.646. The van der Waals surface area contributed by atoms with Gasteiger partial charge in [-0.15, -0.1) is 0 Å². The fourth-order valence-electron chi connectivity index (χ4n) is 0.888. The van der Waals surface area contributed by atoms with Crippen LogP contribution in [0.25, 0.3) is 0 Å². The van der Waals surface area contributed by atoms with Crippen LogP contribution in [0.1, 0.15) is 19.4 Å². The Labute approximate surface area is 87.4 Å². The Bertz CT molecular complexity index is 246. The molecule has 0 aliphatic rings. The van der Waals surface area contributed by atoms with E-state index >= 15 is 0 Å². The normalized spacial score (nSPS) is 10.2. The Hall–Kier alpha value is -0.280. The third-order valence-corrected chi connectivity index (χ3v) is 2.33. The summed E-state index contributed by atoms with van der Waals surface area (Å²) in [5, 5.41) is 0. The van der Waals surface area contributed by atoms with Crippen molar-refractivity contribution in [3.05, 3.63) is 35.9 Å². The first kappa shape index (κ1) is 11.7. The Morgan fingerprint density at radius 3 is 2.08 bits per heavy atom. The van der Waals surface area contributed by atoms with E-state index in [9.17, 15) is 4.21 Å². The quantitative estimate of drug-likeness (QED) is 0.635. The fourth-order valence-corrected chi connectivity index (χ4v) is 1.12. The summed E-state index contributed by atoms with van der Waals surface area (Å²) in [6, 6.07) is 9.81. The van der Waals surface area contributed by atoms with Gasteiger partial charge in [0.15, 0.2) is 0 Å². The van der Waals surface area contributed by atoms with Crippen LogP contribution in [-0.2, 0) is 20.6 Å². The van der Waals surface area contributed by atoms with E-state index in [0.29, 0.717) is 11.7 Å². The molecule has 66 valence electrons. The molecule has 0 radical (unpaired) electrons. The second-order valence-corrected chi connectivity index (χ2v) is 4.15. The zero-order chi connectivity index (χ0) is 8.32. The molecule has 0 N–H and O–H groups in total. The molecule has 1 rings (SSSR count). The van der Waals surface area contributed by atoms with E-state index in [1.54, 1.807) is 0 Å². The summed E-state index contributed by atoms with van der Waals surface area (Å²) < 4.78 is 10.4. The molecule has 0 atom stereocenters. The van der Waals surface area contributed by atoms with E-state index in [1.807, 2.05) is 44.2 Å². The van der Waals surface area contributed by atoms with E-state index in [2.05, 4.69) is 0 Å². The molecule has 1 aromatic carbocycles. The molecule has 0 fully saturated rings. The van der Waals surface area contributed by atoms with Crippen molar-refractivity contribution in [2.24, 2.45) is 0 Å². The van der Waals surface area contributed by atoms with E-state index in [0.717, 1.165) is 5.56 Å². The topological polar surface area (TPSA) is 17.1 Å². The standard InChI is InChI=1S/C9H11OS.BrH/c1-9(2,11-10)8-6-4-3-5-7-8;/h3-7H,1-2H3;1H/q+1;/p-1. The summed E-state index contributed by atoms with van der Waals surface area (Å²) >= 11 is 0.630. The SMILES string of the molecule is CC(C)([S+]=O)c1ccccc1.[Br-]. The lowest BCUT2D eigenvalue weighted by Crippen LogP contribution is -3.00. The molecule has 0 aliphatic carbocycles. The van der Waals surface area contributed by atoms with Gasteiger partial charge in [0.2, 0.25) is 0 Å². The number of hydrogen-bond acceptors (Lipinski definition) is 1. The van der Waals surface area contributed by atoms with Gasteiger partial charge in [0.25, 0.3) is 4.75 Å². The van der Waals surface area contributed by atoms with Crippen molar-refractivity contribution in [1.82, 2.24) is 0 Å². The summed E-state index contributed by atoms with van der Waals surface area (Å²) in [5.41, 5.74) is 1.08. The van der Waals surface area contributed by atoms with Gasteiger partial charge < -0.3 is 17.0 Å². The molecule has 1 nitrogen and oxygen atoms in total. The van der Waals surface area contributed by atoms with Crippen LogP contribution in [0.4, 0.5) is 0 Å². The van der Waals surface area contributed by atoms with Gasteiger partial charge in [0, 0.05) is 23.6 Å². The van der Waals surface area contributed by atoms with Crippen LogP contribution in [0, 0.1) is 0 Å². The van der Waals surface area contributed by atoms with Crippen LogP contribution in [0.5, 0.6) is 0 Å². The van der Waals surface area contributed by atoms with Gasteiger partial charge in [0.1, 0.15) is 0 Å². The summed E-state index contributed by atoms with van der Waals surface area (Å²) in [4.78, 5) is 0. The third kappa shape index (κ3) is 2.64. The summed E-state index contributed by atoms with van der Waals surface area (Å²) in [7, 11) is 0. The van der Waals surface area contributed by atoms with Gasteiger partial charge in [-0.05, 0) is 0 Å². The molecular weight excluding hydrogens is 236 g/mol. The molecule has 0 bridgehead atoms. The Morgan fingerprint density at radius 1 is 1.17 bits per heavy atom. The van der Waals surface area contributed by atoms with Gasteiger partial charge in [-0.2, -0.15) is 0 Å². The molecule has 0 aromatic heterocycles. The predicted molar refractivity (Wildman–Crippen MR) is 47.5 cm³/mol. The highest BCUT2D eigenvalue weighted by atomic mass is 79.9. The second kappa shape index (κ2) is 4.67. The largest absolute Gasteiger partial charge is 1.00 e. The second-order valence-electron chi connectivity index (χ2n) is 2.96. The van der Waals surface area contributed by atoms with E-state index < -0.39 is 0 Å². The zero-order valence-corrected chi connectivity index (χ0v) is 9.48. The minimum atomic E-state index is -0.304. The van der Waals surface area contributed by atoms with Gasteiger partial charge in [0.05, 0.1) is 0 Å². The Balaban J connectivity index is 0.00000121. The fraction of sp³-hybridized carbons (Fsp3) is 0.333. The molecule has 3 heteroatoms. The lowest BCUT2D eigenvalue weighted by Gasteiger charge is -2.03. The number of halogens is 1. The van der Waals surface area contributed by atoms with Crippen molar-refractivity contribution in [3.63, 3.8) is 0 Å². The lowest BCUT2D eigenvalue weighted by molar-refractivity contribution is -0.00000345. The maximum atomic E-state index is 10.7. The molecular formula is C9H11BrOS. The summed E-state index contributed by atoms with van der Waals surface area (Å²) in [6.07, 6.45) is 0. The molecule has 0 heterocycles. The first-order chi connectivity index (χ1) is 5.17. The zero-order valence-electron chi connectivity index (χ0n) is 7.08. The summed E-state index contributed by atoms with van der Waals surface area (Å²) in [6.45, 7) is 3.86. The molecule has 0 saturated heterocycles. The molecule has 0 aliphatic heterocycles. The van der Waals surface area contributed by atoms with E-state index in [4.69, 9.17) is 0 Å². The maximum absolute atomic E-state index is 10.7. The highest BCUT2D eigenvalue weighted by Crippen LogP contribution is 2.21. The molecule has 0 unspecified atom stereocenters. The molecule has 0 spiro atoms. The van der Waals surface area contributed by atoms with Gasteiger partial charge >= 0.3 is 11.7 Å². The monoisotopic (exact) mass is 246 g/mol. The average Bonchev–Trinajstić information content (AvgIpc) is 2.06. The maximum Gasteiger partial charge on any atom is 0.469 e. The molecule has 0 saturated carbocycles. The van der Waals surface area contributed by atoms with Crippen LogP contribution in [-0.4, -0.2) is 0 Å². The van der Waals surface area contributed by atoms with Crippen LogP contribution in [0.3, 0.4) is 0 Å². The van der Waals surface area contributed by atoms with Crippen LogP contribution in [0.2, 0.25) is 0 Å². The number of rotatable bonds is 2. The Kier molecular flexibility index (Phi) is 4.57. The van der Waals surface area contributed by atoms with Gasteiger partial charge in [-0.1, -0.05) is 30.3 Å². The average molecular weight is 247 g/mol. The molecule has 1 aromatic rings. The first-order valence-corrected chi connectivity index (χ1v) is 4.27. The highest BCUT2D eigenvalue weighted by Gasteiger charge is 2.34.